The maximum Gasteiger partial charge on any atom is 0.228 e. The molecule has 142 valence electrons. The molecule has 0 N–H and O–H groups in total. The van der Waals surface area contributed by atoms with Crippen molar-refractivity contribution >= 4 is 11.8 Å². The summed E-state index contributed by atoms with van der Waals surface area (Å²) in [6.45, 7) is 3.51. The Labute approximate surface area is 155 Å². The van der Waals surface area contributed by atoms with Crippen LogP contribution in [0.5, 0.6) is 5.75 Å². The van der Waals surface area contributed by atoms with E-state index >= 15 is 0 Å². The SMILES string of the molecule is COc1ccc2c(c1)CCN(C(=O)C1CC(=O)N(CCN(C)C)C1)CC2. The van der Waals surface area contributed by atoms with Crippen LogP contribution in [0, 0.1) is 5.92 Å². The van der Waals surface area contributed by atoms with E-state index in [0.29, 0.717) is 26.1 Å². The molecule has 0 spiro atoms. The number of carbonyl (C=O) groups excluding carboxylic acids is 2. The molecule has 2 aliphatic rings. The second-order valence-electron chi connectivity index (χ2n) is 7.50. The van der Waals surface area contributed by atoms with Crippen molar-refractivity contribution in [1.29, 1.82) is 0 Å². The Morgan fingerprint density at radius 1 is 1.23 bits per heavy atom. The zero-order chi connectivity index (χ0) is 18.7. The number of hydrogen-bond donors (Lipinski definition) is 0. The fraction of sp³-hybridized carbons (Fsp3) is 0.600. The van der Waals surface area contributed by atoms with E-state index in [-0.39, 0.29) is 17.7 Å². The molecule has 0 aromatic heterocycles. The van der Waals surface area contributed by atoms with E-state index in [1.807, 2.05) is 30.0 Å². The third-order valence-corrected chi connectivity index (χ3v) is 5.41. The fourth-order valence-corrected chi connectivity index (χ4v) is 3.78. The van der Waals surface area contributed by atoms with Gasteiger partial charge in [-0.15, -0.1) is 0 Å². The van der Waals surface area contributed by atoms with Gasteiger partial charge in [-0.05, 0) is 50.2 Å². The van der Waals surface area contributed by atoms with Crippen molar-refractivity contribution in [3.8, 4) is 5.75 Å². The minimum absolute atomic E-state index is 0.105. The first-order valence-corrected chi connectivity index (χ1v) is 9.35. The normalized spacial score (nSPS) is 20.3. The van der Waals surface area contributed by atoms with Crippen LogP contribution in [0.25, 0.3) is 0 Å². The molecule has 1 aromatic carbocycles. The second-order valence-corrected chi connectivity index (χ2v) is 7.50. The maximum absolute atomic E-state index is 13.0. The number of methoxy groups -OCH3 is 1. The van der Waals surface area contributed by atoms with E-state index in [0.717, 1.165) is 31.7 Å². The lowest BCUT2D eigenvalue weighted by molar-refractivity contribution is -0.135. The van der Waals surface area contributed by atoms with Gasteiger partial charge in [0.1, 0.15) is 5.75 Å². The number of amides is 2. The standard InChI is InChI=1S/C20H29N3O3/c1-21(2)10-11-23-14-17(13-19(23)24)20(25)22-8-6-15-4-5-18(26-3)12-16(15)7-9-22/h4-5,12,17H,6-11,13-14H2,1-3H3. The predicted octanol–water partition coefficient (Wildman–Crippen LogP) is 1.03. The minimum Gasteiger partial charge on any atom is -0.497 e. The summed E-state index contributed by atoms with van der Waals surface area (Å²) in [5, 5.41) is 0. The molecular weight excluding hydrogens is 330 g/mol. The van der Waals surface area contributed by atoms with Crippen LogP contribution >= 0.6 is 0 Å². The van der Waals surface area contributed by atoms with Crippen LogP contribution in [0.2, 0.25) is 0 Å². The molecule has 26 heavy (non-hydrogen) atoms. The average Bonchev–Trinajstić information content (AvgIpc) is 2.87. The molecule has 2 aliphatic heterocycles. The van der Waals surface area contributed by atoms with Crippen LogP contribution in [-0.4, -0.2) is 80.4 Å². The summed E-state index contributed by atoms with van der Waals surface area (Å²) in [6, 6.07) is 6.16. The lowest BCUT2D eigenvalue weighted by atomic mass is 10.0. The van der Waals surface area contributed by atoms with Crippen LogP contribution in [0.3, 0.4) is 0 Å². The van der Waals surface area contributed by atoms with Gasteiger partial charge in [-0.25, -0.2) is 0 Å². The molecule has 0 saturated carbocycles. The predicted molar refractivity (Wildman–Crippen MR) is 100 cm³/mol. The zero-order valence-electron chi connectivity index (χ0n) is 16.0. The molecule has 1 saturated heterocycles. The van der Waals surface area contributed by atoms with Crippen molar-refractivity contribution < 1.29 is 14.3 Å². The first-order chi connectivity index (χ1) is 12.5. The average molecular weight is 359 g/mol. The lowest BCUT2D eigenvalue weighted by Gasteiger charge is -2.24. The summed E-state index contributed by atoms with van der Waals surface area (Å²) in [5.74, 6) is 0.903. The number of ether oxygens (including phenoxy) is 1. The number of likely N-dealkylation sites (N-methyl/N-ethyl adjacent to an activating group) is 1. The summed E-state index contributed by atoms with van der Waals surface area (Å²) in [6.07, 6.45) is 2.04. The topological polar surface area (TPSA) is 53.1 Å². The summed E-state index contributed by atoms with van der Waals surface area (Å²) in [4.78, 5) is 31.0. The van der Waals surface area contributed by atoms with E-state index in [1.165, 1.54) is 11.1 Å². The van der Waals surface area contributed by atoms with Gasteiger partial charge in [0.25, 0.3) is 0 Å². The molecule has 1 fully saturated rings. The van der Waals surface area contributed by atoms with Crippen LogP contribution in [-0.2, 0) is 22.4 Å². The molecule has 0 bridgehead atoms. The molecule has 3 rings (SSSR count). The van der Waals surface area contributed by atoms with Gasteiger partial charge in [0.15, 0.2) is 0 Å². The lowest BCUT2D eigenvalue weighted by Crippen LogP contribution is -2.39. The van der Waals surface area contributed by atoms with E-state index in [4.69, 9.17) is 4.74 Å². The monoisotopic (exact) mass is 359 g/mol. The van der Waals surface area contributed by atoms with Crippen LogP contribution < -0.4 is 4.74 Å². The Morgan fingerprint density at radius 2 is 1.96 bits per heavy atom. The number of carbonyl (C=O) groups is 2. The van der Waals surface area contributed by atoms with Gasteiger partial charge in [0.05, 0.1) is 13.0 Å². The van der Waals surface area contributed by atoms with Crippen molar-refractivity contribution in [2.75, 3.05) is 53.9 Å². The Balaban J connectivity index is 1.60. The van der Waals surface area contributed by atoms with E-state index in [1.54, 1.807) is 7.11 Å². The number of likely N-dealkylation sites (tertiary alicyclic amines) is 1. The van der Waals surface area contributed by atoms with Gasteiger partial charge in [0, 0.05) is 39.1 Å². The Bertz CT molecular complexity index is 674. The number of fused-ring (bicyclic) bond motifs is 1. The second kappa shape index (κ2) is 8.08. The van der Waals surface area contributed by atoms with Crippen LogP contribution in [0.1, 0.15) is 17.5 Å². The molecule has 2 amide bonds. The first kappa shape index (κ1) is 18.7. The van der Waals surface area contributed by atoms with Crippen LogP contribution in [0.15, 0.2) is 18.2 Å². The summed E-state index contributed by atoms with van der Waals surface area (Å²) in [5.41, 5.74) is 2.55. The number of benzene rings is 1. The Hall–Kier alpha value is -2.08. The molecule has 2 heterocycles. The molecule has 6 heteroatoms. The minimum atomic E-state index is -0.194. The van der Waals surface area contributed by atoms with Gasteiger partial charge in [-0.3, -0.25) is 9.59 Å². The smallest absolute Gasteiger partial charge is 0.228 e. The highest BCUT2D eigenvalue weighted by Crippen LogP contribution is 2.24. The van der Waals surface area contributed by atoms with Crippen molar-refractivity contribution in [3.05, 3.63) is 29.3 Å². The van der Waals surface area contributed by atoms with Crippen molar-refractivity contribution in [2.45, 2.75) is 19.3 Å². The molecule has 6 nitrogen and oxygen atoms in total. The Morgan fingerprint density at radius 3 is 2.65 bits per heavy atom. The maximum atomic E-state index is 13.0. The van der Waals surface area contributed by atoms with Gasteiger partial charge in [0.2, 0.25) is 11.8 Å². The summed E-state index contributed by atoms with van der Waals surface area (Å²) in [7, 11) is 5.66. The van der Waals surface area contributed by atoms with E-state index in [9.17, 15) is 9.59 Å². The van der Waals surface area contributed by atoms with Gasteiger partial charge in [-0.1, -0.05) is 6.07 Å². The fourth-order valence-electron chi connectivity index (χ4n) is 3.78. The molecule has 1 atom stereocenters. The van der Waals surface area contributed by atoms with E-state index in [2.05, 4.69) is 17.0 Å². The van der Waals surface area contributed by atoms with Crippen molar-refractivity contribution in [2.24, 2.45) is 5.92 Å². The van der Waals surface area contributed by atoms with Crippen molar-refractivity contribution in [3.63, 3.8) is 0 Å². The summed E-state index contributed by atoms with van der Waals surface area (Å²) >= 11 is 0. The molecule has 1 aromatic rings. The quantitative estimate of drug-likeness (QED) is 0.788. The molecular formula is C20H29N3O3. The number of nitrogens with zero attached hydrogens (tertiary/aromatic N) is 3. The van der Waals surface area contributed by atoms with E-state index < -0.39 is 0 Å². The molecule has 1 unspecified atom stereocenters. The highest BCUT2D eigenvalue weighted by atomic mass is 16.5. The van der Waals surface area contributed by atoms with Gasteiger partial charge >= 0.3 is 0 Å². The number of rotatable bonds is 5. The highest BCUT2D eigenvalue weighted by Gasteiger charge is 2.36. The van der Waals surface area contributed by atoms with Crippen LogP contribution in [0.4, 0.5) is 0 Å². The largest absolute Gasteiger partial charge is 0.497 e. The van der Waals surface area contributed by atoms with Gasteiger partial charge in [-0.2, -0.15) is 0 Å². The Kier molecular flexibility index (Phi) is 5.81. The third-order valence-electron chi connectivity index (χ3n) is 5.41. The number of hydrogen-bond acceptors (Lipinski definition) is 4. The zero-order valence-corrected chi connectivity index (χ0v) is 16.0. The third kappa shape index (κ3) is 4.18. The highest BCUT2D eigenvalue weighted by molar-refractivity contribution is 5.89. The van der Waals surface area contributed by atoms with Gasteiger partial charge < -0.3 is 19.4 Å². The van der Waals surface area contributed by atoms with Crippen molar-refractivity contribution in [1.82, 2.24) is 14.7 Å². The molecule has 0 radical (unpaired) electrons. The first-order valence-electron chi connectivity index (χ1n) is 9.35. The molecule has 0 aliphatic carbocycles. The summed E-state index contributed by atoms with van der Waals surface area (Å²) < 4.78 is 5.31.